The van der Waals surface area contributed by atoms with Gasteiger partial charge in [-0.3, -0.25) is 0 Å². The Morgan fingerprint density at radius 2 is 1.94 bits per heavy atom. The number of thiophene rings is 1. The quantitative estimate of drug-likeness (QED) is 0.856. The molecule has 0 aliphatic carbocycles. The Hall–Kier alpha value is -0.830. The summed E-state index contributed by atoms with van der Waals surface area (Å²) in [6.07, 6.45) is 0. The maximum absolute atomic E-state index is 6.22. The normalized spacial score (nSPS) is 12.8. The minimum atomic E-state index is -0.0466. The molecule has 2 rings (SSSR count). The van der Waals surface area contributed by atoms with Gasteiger partial charge in [0, 0.05) is 14.8 Å². The van der Waals surface area contributed by atoms with Gasteiger partial charge >= 0.3 is 0 Å². The predicted octanol–water partition coefficient (Wildman–Crippen LogP) is 4.07. The van der Waals surface area contributed by atoms with Gasteiger partial charge in [-0.1, -0.05) is 23.7 Å². The molecule has 1 nitrogen and oxygen atoms in total. The van der Waals surface area contributed by atoms with Crippen LogP contribution in [0.3, 0.4) is 0 Å². The van der Waals surface area contributed by atoms with E-state index in [2.05, 4.69) is 25.1 Å². The van der Waals surface area contributed by atoms with Crippen molar-refractivity contribution in [3.8, 4) is 0 Å². The second-order valence-electron chi connectivity index (χ2n) is 3.93. The van der Waals surface area contributed by atoms with Crippen LogP contribution in [0, 0.1) is 13.8 Å². The van der Waals surface area contributed by atoms with E-state index in [0.29, 0.717) is 0 Å². The molecular weight excluding hydrogens is 238 g/mol. The third-order valence-corrected chi connectivity index (χ3v) is 4.12. The van der Waals surface area contributed by atoms with Gasteiger partial charge in [0.05, 0.1) is 6.04 Å². The zero-order valence-electron chi connectivity index (χ0n) is 9.33. The zero-order valence-corrected chi connectivity index (χ0v) is 10.9. The third-order valence-electron chi connectivity index (χ3n) is 2.61. The summed E-state index contributed by atoms with van der Waals surface area (Å²) >= 11 is 7.74. The van der Waals surface area contributed by atoms with Crippen LogP contribution in [0.25, 0.3) is 0 Å². The summed E-state index contributed by atoms with van der Waals surface area (Å²) in [5.41, 5.74) is 8.40. The van der Waals surface area contributed by atoms with Crippen molar-refractivity contribution in [3.05, 3.63) is 56.2 Å². The minimum absolute atomic E-state index is 0.0466. The Morgan fingerprint density at radius 1 is 1.19 bits per heavy atom. The molecule has 84 valence electrons. The van der Waals surface area contributed by atoms with Gasteiger partial charge in [-0.15, -0.1) is 11.3 Å². The van der Waals surface area contributed by atoms with Crippen molar-refractivity contribution < 1.29 is 0 Å². The summed E-state index contributed by atoms with van der Waals surface area (Å²) in [7, 11) is 0. The smallest absolute Gasteiger partial charge is 0.0646 e. The summed E-state index contributed by atoms with van der Waals surface area (Å²) in [4.78, 5) is 2.48. The first kappa shape index (κ1) is 11.6. The molecule has 0 radical (unpaired) electrons. The average Bonchev–Trinajstić information content (AvgIpc) is 2.68. The van der Waals surface area contributed by atoms with Gasteiger partial charge in [0.2, 0.25) is 0 Å². The van der Waals surface area contributed by atoms with Crippen molar-refractivity contribution in [3.63, 3.8) is 0 Å². The monoisotopic (exact) mass is 251 g/mol. The second-order valence-corrected chi connectivity index (χ2v) is 5.66. The molecule has 2 N–H and O–H groups in total. The van der Waals surface area contributed by atoms with E-state index in [9.17, 15) is 0 Å². The van der Waals surface area contributed by atoms with Crippen LogP contribution in [0.15, 0.2) is 30.3 Å². The van der Waals surface area contributed by atoms with Gasteiger partial charge in [0.25, 0.3) is 0 Å². The molecule has 1 atom stereocenters. The van der Waals surface area contributed by atoms with Crippen molar-refractivity contribution in [2.24, 2.45) is 5.73 Å². The van der Waals surface area contributed by atoms with Crippen molar-refractivity contribution in [1.82, 2.24) is 0 Å². The maximum Gasteiger partial charge on any atom is 0.0646 e. The van der Waals surface area contributed by atoms with Crippen molar-refractivity contribution in [2.75, 3.05) is 0 Å². The van der Waals surface area contributed by atoms with Crippen LogP contribution >= 0.6 is 22.9 Å². The molecule has 1 heterocycles. The van der Waals surface area contributed by atoms with Crippen molar-refractivity contribution >= 4 is 22.9 Å². The lowest BCUT2D eigenvalue weighted by Gasteiger charge is -2.11. The zero-order chi connectivity index (χ0) is 11.7. The van der Waals surface area contributed by atoms with Crippen LogP contribution in [0.2, 0.25) is 5.02 Å². The van der Waals surface area contributed by atoms with Crippen LogP contribution in [-0.2, 0) is 0 Å². The number of hydrogen-bond acceptors (Lipinski definition) is 2. The Balaban J connectivity index is 2.33. The first-order valence-electron chi connectivity index (χ1n) is 5.16. The molecule has 0 aliphatic heterocycles. The molecule has 0 spiro atoms. The number of halogens is 1. The van der Waals surface area contributed by atoms with Crippen LogP contribution < -0.4 is 5.73 Å². The van der Waals surface area contributed by atoms with E-state index in [4.69, 9.17) is 17.3 Å². The number of hydrogen-bond donors (Lipinski definition) is 1. The Bertz CT molecular complexity index is 504. The molecule has 0 amide bonds. The standard InChI is InChI=1S/C13H14ClNS/c1-8-7-10(4-5-11(8)14)13(15)12-6-3-9(2)16-12/h3-7,13H,15H2,1-2H3. The Kier molecular flexibility index (Phi) is 3.33. The summed E-state index contributed by atoms with van der Waals surface area (Å²) in [6, 6.07) is 10.1. The fourth-order valence-corrected chi connectivity index (χ4v) is 2.67. The molecule has 0 fully saturated rings. The van der Waals surface area contributed by atoms with Crippen LogP contribution in [0.5, 0.6) is 0 Å². The van der Waals surface area contributed by atoms with Crippen LogP contribution in [0.1, 0.15) is 26.9 Å². The number of benzene rings is 1. The third kappa shape index (κ3) is 2.29. The van der Waals surface area contributed by atoms with E-state index < -0.39 is 0 Å². The number of nitrogens with two attached hydrogens (primary N) is 1. The highest BCUT2D eigenvalue weighted by Gasteiger charge is 2.11. The summed E-state index contributed by atoms with van der Waals surface area (Å²) in [6.45, 7) is 4.09. The topological polar surface area (TPSA) is 26.0 Å². The molecule has 1 unspecified atom stereocenters. The average molecular weight is 252 g/mol. The predicted molar refractivity (Wildman–Crippen MR) is 71.3 cm³/mol. The minimum Gasteiger partial charge on any atom is -0.320 e. The Morgan fingerprint density at radius 3 is 2.50 bits per heavy atom. The highest BCUT2D eigenvalue weighted by molar-refractivity contribution is 7.12. The number of rotatable bonds is 2. The van der Waals surface area contributed by atoms with Gasteiger partial charge in [-0.2, -0.15) is 0 Å². The molecule has 0 saturated carbocycles. The van der Waals surface area contributed by atoms with Crippen molar-refractivity contribution in [2.45, 2.75) is 19.9 Å². The SMILES string of the molecule is Cc1ccc(C(N)c2ccc(Cl)c(C)c2)s1. The largest absolute Gasteiger partial charge is 0.320 e. The summed E-state index contributed by atoms with van der Waals surface area (Å²) < 4.78 is 0. The van der Waals surface area contributed by atoms with Crippen LogP contribution in [-0.4, -0.2) is 0 Å². The first-order chi connectivity index (χ1) is 7.58. The van der Waals surface area contributed by atoms with Gasteiger partial charge < -0.3 is 5.73 Å². The van der Waals surface area contributed by atoms with E-state index >= 15 is 0 Å². The molecular formula is C13H14ClNS. The Labute approximate surface area is 105 Å². The molecule has 1 aromatic heterocycles. The molecule has 0 bridgehead atoms. The molecule has 0 aliphatic rings. The highest BCUT2D eigenvalue weighted by atomic mass is 35.5. The van der Waals surface area contributed by atoms with Crippen molar-refractivity contribution in [1.29, 1.82) is 0 Å². The van der Waals surface area contributed by atoms with E-state index in [1.165, 1.54) is 9.75 Å². The van der Waals surface area contributed by atoms with E-state index in [1.807, 2.05) is 19.1 Å². The lowest BCUT2D eigenvalue weighted by molar-refractivity contribution is 0.891. The van der Waals surface area contributed by atoms with Crippen LogP contribution in [0.4, 0.5) is 0 Å². The lowest BCUT2D eigenvalue weighted by atomic mass is 10.0. The van der Waals surface area contributed by atoms with Gasteiger partial charge in [-0.05, 0) is 43.2 Å². The summed E-state index contributed by atoms with van der Waals surface area (Å²) in [5, 5.41) is 0.790. The number of aryl methyl sites for hydroxylation is 2. The fraction of sp³-hybridized carbons (Fsp3) is 0.231. The molecule has 3 heteroatoms. The molecule has 0 saturated heterocycles. The fourth-order valence-electron chi connectivity index (χ4n) is 1.65. The van der Waals surface area contributed by atoms with Gasteiger partial charge in [-0.25, -0.2) is 0 Å². The summed E-state index contributed by atoms with van der Waals surface area (Å²) in [5.74, 6) is 0. The van der Waals surface area contributed by atoms with Gasteiger partial charge in [0.15, 0.2) is 0 Å². The van der Waals surface area contributed by atoms with E-state index in [-0.39, 0.29) is 6.04 Å². The van der Waals surface area contributed by atoms with E-state index in [1.54, 1.807) is 11.3 Å². The molecule has 2 aromatic rings. The lowest BCUT2D eigenvalue weighted by Crippen LogP contribution is -2.10. The maximum atomic E-state index is 6.22. The molecule has 16 heavy (non-hydrogen) atoms. The first-order valence-corrected chi connectivity index (χ1v) is 6.35. The van der Waals surface area contributed by atoms with Gasteiger partial charge in [0.1, 0.15) is 0 Å². The molecule has 1 aromatic carbocycles. The highest BCUT2D eigenvalue weighted by Crippen LogP contribution is 2.28. The van der Waals surface area contributed by atoms with E-state index in [0.717, 1.165) is 16.1 Å². The second kappa shape index (κ2) is 4.58.